The summed E-state index contributed by atoms with van der Waals surface area (Å²) in [5.41, 5.74) is 8.04. The number of aromatic nitrogens is 2. The van der Waals surface area contributed by atoms with Crippen molar-refractivity contribution in [1.82, 2.24) is 15.3 Å². The number of nitrogens with one attached hydrogen (secondary N) is 1. The molecular formula is C18H26Cl2N4OS. The van der Waals surface area contributed by atoms with Crippen molar-refractivity contribution >= 4 is 42.1 Å². The Hall–Kier alpha value is -1.21. The molecule has 0 aromatic carbocycles. The maximum absolute atomic E-state index is 12.2. The second kappa shape index (κ2) is 11.5. The number of pyridine rings is 1. The molecule has 1 fully saturated rings. The molecule has 0 bridgehead atoms. The number of carbonyl (C=O) groups is 1. The van der Waals surface area contributed by atoms with E-state index in [1.807, 2.05) is 12.1 Å². The molecule has 144 valence electrons. The summed E-state index contributed by atoms with van der Waals surface area (Å²) in [5, 5.41) is 6.24. The third-order valence-corrected chi connectivity index (χ3v) is 5.39. The molecule has 1 aliphatic carbocycles. The fourth-order valence-electron chi connectivity index (χ4n) is 3.14. The van der Waals surface area contributed by atoms with Crippen molar-refractivity contribution in [2.24, 2.45) is 11.7 Å². The molecule has 3 N–H and O–H groups in total. The van der Waals surface area contributed by atoms with E-state index in [1.165, 1.54) is 0 Å². The lowest BCUT2D eigenvalue weighted by molar-refractivity contribution is -0.126. The van der Waals surface area contributed by atoms with E-state index >= 15 is 0 Å². The molecule has 26 heavy (non-hydrogen) atoms. The van der Waals surface area contributed by atoms with Crippen molar-refractivity contribution in [2.75, 3.05) is 6.54 Å². The predicted molar refractivity (Wildman–Crippen MR) is 111 cm³/mol. The van der Waals surface area contributed by atoms with Gasteiger partial charge in [0, 0.05) is 48.3 Å². The molecule has 8 heteroatoms. The highest BCUT2D eigenvalue weighted by molar-refractivity contribution is 7.09. The molecule has 2 atom stereocenters. The first-order valence-electron chi connectivity index (χ1n) is 8.60. The summed E-state index contributed by atoms with van der Waals surface area (Å²) < 4.78 is 0. The van der Waals surface area contributed by atoms with Crippen molar-refractivity contribution in [2.45, 2.75) is 44.6 Å². The molecule has 2 heterocycles. The van der Waals surface area contributed by atoms with Gasteiger partial charge >= 0.3 is 0 Å². The summed E-state index contributed by atoms with van der Waals surface area (Å²) in [5.74, 6) is 0.272. The number of hydrogen-bond acceptors (Lipinski definition) is 5. The van der Waals surface area contributed by atoms with Crippen LogP contribution in [0.5, 0.6) is 0 Å². The maximum Gasteiger partial charge on any atom is 0.223 e. The Morgan fingerprint density at radius 3 is 2.77 bits per heavy atom. The number of amides is 1. The number of halogens is 2. The van der Waals surface area contributed by atoms with Crippen LogP contribution in [0.3, 0.4) is 0 Å². The number of rotatable bonds is 6. The van der Waals surface area contributed by atoms with Crippen LogP contribution in [0.25, 0.3) is 11.3 Å². The van der Waals surface area contributed by atoms with Gasteiger partial charge in [0.1, 0.15) is 0 Å². The standard InChI is InChI=1S/C18H24N4OS.2ClH/c19-15-4-1-3-14(11-15)18(23)21-8-2-5-17-22-16(12-24-17)13-6-9-20-10-7-13;;/h6-7,9-10,12,14-15H,1-5,8,11,19H2,(H,21,23);2*1H. The quantitative estimate of drug-likeness (QED) is 0.704. The van der Waals surface area contributed by atoms with E-state index < -0.39 is 0 Å². The number of aryl methyl sites for hydroxylation is 1. The third-order valence-electron chi connectivity index (χ3n) is 4.48. The molecule has 0 saturated heterocycles. The number of hydrogen-bond donors (Lipinski definition) is 2. The fourth-order valence-corrected chi connectivity index (χ4v) is 3.99. The zero-order valence-electron chi connectivity index (χ0n) is 14.6. The normalized spacial score (nSPS) is 19.1. The Labute approximate surface area is 171 Å². The SMILES string of the molecule is Cl.Cl.NC1CCCC(C(=O)NCCCc2nc(-c3ccncc3)cs2)C1. The first-order valence-corrected chi connectivity index (χ1v) is 9.48. The van der Waals surface area contributed by atoms with Crippen molar-refractivity contribution in [3.8, 4) is 11.3 Å². The average Bonchev–Trinajstić information content (AvgIpc) is 3.08. The Morgan fingerprint density at radius 1 is 1.27 bits per heavy atom. The van der Waals surface area contributed by atoms with E-state index in [9.17, 15) is 4.79 Å². The number of nitrogens with two attached hydrogens (primary N) is 1. The summed E-state index contributed by atoms with van der Waals surface area (Å²) in [4.78, 5) is 20.8. The third kappa shape index (κ3) is 6.50. The summed E-state index contributed by atoms with van der Waals surface area (Å²) in [6.45, 7) is 0.703. The number of thiazole rings is 1. The zero-order valence-corrected chi connectivity index (χ0v) is 17.0. The van der Waals surface area contributed by atoms with Gasteiger partial charge < -0.3 is 11.1 Å². The summed E-state index contributed by atoms with van der Waals surface area (Å²) in [6.07, 6.45) is 9.27. The zero-order chi connectivity index (χ0) is 16.8. The van der Waals surface area contributed by atoms with Gasteiger partial charge in [-0.1, -0.05) is 6.42 Å². The predicted octanol–water partition coefficient (Wildman–Crippen LogP) is 3.62. The molecule has 5 nitrogen and oxygen atoms in total. The Kier molecular flexibility index (Phi) is 10.1. The Morgan fingerprint density at radius 2 is 2.04 bits per heavy atom. The molecule has 1 saturated carbocycles. The highest BCUT2D eigenvalue weighted by atomic mass is 35.5. The van der Waals surface area contributed by atoms with Crippen LogP contribution in [0.2, 0.25) is 0 Å². The van der Waals surface area contributed by atoms with Crippen LogP contribution in [-0.2, 0) is 11.2 Å². The van der Waals surface area contributed by atoms with Crippen molar-refractivity contribution in [1.29, 1.82) is 0 Å². The molecular weight excluding hydrogens is 391 g/mol. The van der Waals surface area contributed by atoms with E-state index in [-0.39, 0.29) is 42.7 Å². The van der Waals surface area contributed by atoms with Gasteiger partial charge in [-0.25, -0.2) is 4.98 Å². The first kappa shape index (κ1) is 22.8. The van der Waals surface area contributed by atoms with Gasteiger partial charge in [-0.2, -0.15) is 0 Å². The molecule has 0 aliphatic heterocycles. The number of nitrogens with zero attached hydrogens (tertiary/aromatic N) is 2. The lowest BCUT2D eigenvalue weighted by atomic mass is 9.85. The van der Waals surface area contributed by atoms with E-state index in [2.05, 4.69) is 20.7 Å². The van der Waals surface area contributed by atoms with Crippen LogP contribution in [0.1, 0.15) is 37.1 Å². The monoisotopic (exact) mass is 416 g/mol. The lowest BCUT2D eigenvalue weighted by Crippen LogP contribution is -2.38. The van der Waals surface area contributed by atoms with Crippen LogP contribution < -0.4 is 11.1 Å². The van der Waals surface area contributed by atoms with Crippen LogP contribution in [-0.4, -0.2) is 28.5 Å². The van der Waals surface area contributed by atoms with Crippen molar-refractivity contribution in [3.05, 3.63) is 34.9 Å². The maximum atomic E-state index is 12.2. The summed E-state index contributed by atoms with van der Waals surface area (Å²) in [6, 6.07) is 4.12. The Bertz CT molecular complexity index is 668. The smallest absolute Gasteiger partial charge is 0.223 e. The molecule has 0 radical (unpaired) electrons. The van der Waals surface area contributed by atoms with Crippen molar-refractivity contribution < 1.29 is 4.79 Å². The van der Waals surface area contributed by atoms with Gasteiger partial charge in [-0.05, 0) is 37.8 Å². The van der Waals surface area contributed by atoms with E-state index in [0.29, 0.717) is 6.54 Å². The topological polar surface area (TPSA) is 80.9 Å². The van der Waals surface area contributed by atoms with E-state index in [0.717, 1.165) is 54.8 Å². The van der Waals surface area contributed by atoms with Gasteiger partial charge in [0.25, 0.3) is 0 Å². The fraction of sp³-hybridized carbons (Fsp3) is 0.500. The highest BCUT2D eigenvalue weighted by Gasteiger charge is 2.24. The Balaban J connectivity index is 0.00000169. The second-order valence-electron chi connectivity index (χ2n) is 6.38. The highest BCUT2D eigenvalue weighted by Crippen LogP contribution is 2.23. The van der Waals surface area contributed by atoms with Crippen LogP contribution in [0.15, 0.2) is 29.9 Å². The van der Waals surface area contributed by atoms with Crippen LogP contribution >= 0.6 is 36.2 Å². The summed E-state index contributed by atoms with van der Waals surface area (Å²) >= 11 is 1.67. The second-order valence-corrected chi connectivity index (χ2v) is 7.32. The molecule has 3 rings (SSSR count). The number of carbonyl (C=O) groups excluding carboxylic acids is 1. The van der Waals surface area contributed by atoms with Gasteiger partial charge in [-0.3, -0.25) is 9.78 Å². The van der Waals surface area contributed by atoms with Gasteiger partial charge in [-0.15, -0.1) is 36.2 Å². The van der Waals surface area contributed by atoms with E-state index in [4.69, 9.17) is 5.73 Å². The van der Waals surface area contributed by atoms with Crippen LogP contribution in [0, 0.1) is 5.92 Å². The summed E-state index contributed by atoms with van der Waals surface area (Å²) in [7, 11) is 0. The average molecular weight is 417 g/mol. The molecule has 1 amide bonds. The first-order chi connectivity index (χ1) is 11.7. The largest absolute Gasteiger partial charge is 0.356 e. The van der Waals surface area contributed by atoms with Gasteiger partial charge in [0.2, 0.25) is 5.91 Å². The minimum absolute atomic E-state index is 0. The minimum atomic E-state index is 0. The van der Waals surface area contributed by atoms with Gasteiger partial charge in [0.15, 0.2) is 0 Å². The minimum Gasteiger partial charge on any atom is -0.356 e. The van der Waals surface area contributed by atoms with E-state index in [1.54, 1.807) is 23.7 Å². The van der Waals surface area contributed by atoms with Gasteiger partial charge in [0.05, 0.1) is 10.7 Å². The van der Waals surface area contributed by atoms with Crippen molar-refractivity contribution in [3.63, 3.8) is 0 Å². The lowest BCUT2D eigenvalue weighted by Gasteiger charge is -2.25. The molecule has 2 aromatic rings. The van der Waals surface area contributed by atoms with Crippen LogP contribution in [0.4, 0.5) is 0 Å². The molecule has 1 aliphatic rings. The molecule has 2 unspecified atom stereocenters. The molecule has 2 aromatic heterocycles. The molecule has 0 spiro atoms.